The average molecular weight is 476 g/mol. The highest BCUT2D eigenvalue weighted by molar-refractivity contribution is 8.01. The van der Waals surface area contributed by atoms with Crippen molar-refractivity contribution in [1.82, 2.24) is 14.5 Å². The normalized spacial score (nSPS) is 18.5. The third kappa shape index (κ3) is 4.08. The Morgan fingerprint density at radius 2 is 1.85 bits per heavy atom. The van der Waals surface area contributed by atoms with Crippen LogP contribution in [0.5, 0.6) is 0 Å². The van der Waals surface area contributed by atoms with Crippen molar-refractivity contribution in [1.29, 1.82) is 0 Å². The van der Waals surface area contributed by atoms with Gasteiger partial charge in [0, 0.05) is 43.2 Å². The average Bonchev–Trinajstić information content (AvgIpc) is 3.40. The molecule has 0 N–H and O–H groups in total. The molecule has 1 fully saturated rings. The predicted octanol–water partition coefficient (Wildman–Crippen LogP) is 4.03. The molecule has 0 aliphatic carbocycles. The first-order valence-corrected chi connectivity index (χ1v) is 10.8. The first-order chi connectivity index (χ1) is 15.6. The molecule has 2 aromatic heterocycles. The van der Waals surface area contributed by atoms with Crippen LogP contribution in [0.2, 0.25) is 0 Å². The van der Waals surface area contributed by atoms with Crippen LogP contribution in [0.1, 0.15) is 10.4 Å². The van der Waals surface area contributed by atoms with Gasteiger partial charge in [-0.15, -0.1) is 0 Å². The highest BCUT2D eigenvalue weighted by Gasteiger charge is 2.54. The number of carbonyl (C=O) groups is 3. The molecule has 0 bridgehead atoms. The third-order valence-electron chi connectivity index (χ3n) is 5.38. The summed E-state index contributed by atoms with van der Waals surface area (Å²) in [5, 5.41) is 0.431. The van der Waals surface area contributed by atoms with Gasteiger partial charge in [-0.3, -0.25) is 19.1 Å². The van der Waals surface area contributed by atoms with Crippen LogP contribution in [-0.4, -0.2) is 64.1 Å². The minimum Gasteiger partial charge on any atom is -0.330 e. The van der Waals surface area contributed by atoms with Gasteiger partial charge in [0.1, 0.15) is 6.04 Å². The number of rotatable bonds is 4. The molecule has 4 rings (SSSR count). The highest BCUT2D eigenvalue weighted by Crippen LogP contribution is 2.41. The number of alkyl halides is 3. The van der Waals surface area contributed by atoms with Gasteiger partial charge in [-0.05, 0) is 30.1 Å². The second kappa shape index (κ2) is 8.54. The summed E-state index contributed by atoms with van der Waals surface area (Å²) < 4.78 is 43.0. The topological polar surface area (TPSA) is 75.5 Å². The van der Waals surface area contributed by atoms with Crippen LogP contribution in [0, 0.1) is 5.92 Å². The number of hydrogen-bond acceptors (Lipinski definition) is 6. The Balaban J connectivity index is 1.79. The van der Waals surface area contributed by atoms with Crippen molar-refractivity contribution in [2.45, 2.75) is 12.2 Å². The number of amides is 1. The predicted molar refractivity (Wildman–Crippen MR) is 118 cm³/mol. The smallest absolute Gasteiger partial charge is 0.330 e. The van der Waals surface area contributed by atoms with Crippen molar-refractivity contribution in [3.8, 4) is 0 Å². The maximum Gasteiger partial charge on any atom is 0.452 e. The molecule has 7 nitrogen and oxygen atoms in total. The number of carbonyl (C=O) groups excluding carboxylic acids is 3. The van der Waals surface area contributed by atoms with Crippen LogP contribution in [0.15, 0.2) is 55.0 Å². The lowest BCUT2D eigenvalue weighted by atomic mass is 9.89. The molecule has 1 aliphatic heterocycles. The maximum absolute atomic E-state index is 13.6. The minimum atomic E-state index is -5.12. The minimum absolute atomic E-state index is 0.0264. The number of anilines is 1. The van der Waals surface area contributed by atoms with Crippen molar-refractivity contribution < 1.29 is 27.6 Å². The Labute approximate surface area is 191 Å². The van der Waals surface area contributed by atoms with Gasteiger partial charge in [0.05, 0.1) is 23.3 Å². The van der Waals surface area contributed by atoms with Gasteiger partial charge < -0.3 is 9.21 Å². The lowest BCUT2D eigenvalue weighted by Crippen LogP contribution is -2.47. The number of ketones is 2. The van der Waals surface area contributed by atoms with Crippen molar-refractivity contribution in [2.75, 3.05) is 24.2 Å². The van der Waals surface area contributed by atoms with Gasteiger partial charge in [-0.1, -0.05) is 18.2 Å². The number of Topliss-reactive ketones (excluding diaryl/α,β-unsaturated/α-hetero) is 2. The summed E-state index contributed by atoms with van der Waals surface area (Å²) in [6.45, 7) is 0. The van der Waals surface area contributed by atoms with Gasteiger partial charge in [-0.25, -0.2) is 4.79 Å². The second-order valence-corrected chi connectivity index (χ2v) is 8.70. The molecule has 33 heavy (non-hydrogen) atoms. The first-order valence-electron chi connectivity index (χ1n) is 9.90. The van der Waals surface area contributed by atoms with Crippen LogP contribution >= 0.6 is 11.9 Å². The van der Waals surface area contributed by atoms with Crippen molar-refractivity contribution in [2.24, 2.45) is 5.92 Å². The number of para-hydroxylation sites is 1. The zero-order valence-electron chi connectivity index (χ0n) is 17.6. The fourth-order valence-corrected chi connectivity index (χ4v) is 5.16. The molecular weight excluding hydrogens is 457 g/mol. The summed E-state index contributed by atoms with van der Waals surface area (Å²) in [6, 6.07) is 7.56. The van der Waals surface area contributed by atoms with E-state index in [9.17, 15) is 27.6 Å². The molecule has 2 unspecified atom stereocenters. The first kappa shape index (κ1) is 22.8. The number of halogens is 3. The monoisotopic (exact) mass is 476 g/mol. The summed E-state index contributed by atoms with van der Waals surface area (Å²) in [5.74, 6) is -3.92. The molecule has 1 aliphatic rings. The third-order valence-corrected chi connectivity index (χ3v) is 6.60. The van der Waals surface area contributed by atoms with E-state index in [0.717, 1.165) is 11.9 Å². The Hall–Kier alpha value is -3.34. The van der Waals surface area contributed by atoms with E-state index in [2.05, 4.69) is 4.98 Å². The molecular formula is C22H19F3N4O3S. The summed E-state index contributed by atoms with van der Waals surface area (Å²) in [4.78, 5) is 43.9. The van der Waals surface area contributed by atoms with E-state index in [-0.39, 0.29) is 11.3 Å². The molecule has 1 saturated heterocycles. The zero-order chi connectivity index (χ0) is 23.9. The van der Waals surface area contributed by atoms with Crippen LogP contribution in [-0.2, 0) is 4.79 Å². The van der Waals surface area contributed by atoms with Crippen LogP contribution in [0.3, 0.4) is 0 Å². The molecule has 0 spiro atoms. The van der Waals surface area contributed by atoms with Crippen molar-refractivity contribution in [3.05, 3.63) is 60.6 Å². The Morgan fingerprint density at radius 3 is 2.48 bits per heavy atom. The summed E-state index contributed by atoms with van der Waals surface area (Å²) in [6.07, 6.45) is -0.979. The fraction of sp³-hybridized carbons (Fsp3) is 0.273. The number of fused-ring (bicyclic) bond motifs is 1. The molecule has 0 saturated carbocycles. The van der Waals surface area contributed by atoms with Crippen molar-refractivity contribution in [3.63, 3.8) is 0 Å². The van der Waals surface area contributed by atoms with Gasteiger partial charge >= 0.3 is 12.2 Å². The van der Waals surface area contributed by atoms with Gasteiger partial charge in [0.2, 0.25) is 0 Å². The largest absolute Gasteiger partial charge is 0.452 e. The van der Waals surface area contributed by atoms with Gasteiger partial charge in [-0.2, -0.15) is 13.2 Å². The molecule has 1 aromatic carbocycles. The van der Waals surface area contributed by atoms with E-state index >= 15 is 0 Å². The second-order valence-electron chi connectivity index (χ2n) is 7.72. The van der Waals surface area contributed by atoms with Crippen molar-refractivity contribution >= 4 is 46.1 Å². The number of hydrogen-bond donors (Lipinski definition) is 0. The Morgan fingerprint density at radius 1 is 1.12 bits per heavy atom. The number of nitrogens with zero attached hydrogens (tertiary/aromatic N) is 4. The zero-order valence-corrected chi connectivity index (χ0v) is 18.4. The van der Waals surface area contributed by atoms with E-state index in [0.29, 0.717) is 16.6 Å². The molecule has 1 amide bonds. The quantitative estimate of drug-likeness (QED) is 0.418. The lowest BCUT2D eigenvalue weighted by molar-refractivity contribution is -0.172. The molecule has 172 valence electrons. The molecule has 0 radical (unpaired) electrons. The van der Waals surface area contributed by atoms with Crippen LogP contribution in [0.25, 0.3) is 10.9 Å². The maximum atomic E-state index is 13.6. The van der Waals surface area contributed by atoms with E-state index in [4.69, 9.17) is 0 Å². The molecule has 3 heterocycles. The summed E-state index contributed by atoms with van der Waals surface area (Å²) in [5.41, 5.74) is 0.845. The number of aromatic nitrogens is 2. The Kier molecular flexibility index (Phi) is 5.91. The molecule has 11 heteroatoms. The highest BCUT2D eigenvalue weighted by atomic mass is 32.2. The number of benzene rings is 1. The van der Waals surface area contributed by atoms with Gasteiger partial charge in [0.25, 0.3) is 5.78 Å². The van der Waals surface area contributed by atoms with E-state index < -0.39 is 35.7 Å². The summed E-state index contributed by atoms with van der Waals surface area (Å²) >= 11 is 0.972. The van der Waals surface area contributed by atoms with E-state index in [1.807, 2.05) is 0 Å². The fourth-order valence-electron chi connectivity index (χ4n) is 3.84. The summed E-state index contributed by atoms with van der Waals surface area (Å²) in [7, 11) is 3.10. The Bertz CT molecular complexity index is 1230. The SMILES string of the molecule is CN(C)C(=O)n1cc(C(=O)C2CSN(c3cccnc3)C2C(=O)C(F)(F)F)c2ccccc21. The number of pyridine rings is 1. The molecule has 2 atom stereocenters. The molecule has 3 aromatic rings. The van der Waals surface area contributed by atoms with E-state index in [1.54, 1.807) is 44.4 Å². The standard InChI is InChI=1S/C22H19F3N4O3S/c1-27(2)21(32)28-11-15(14-7-3-4-8-17(14)28)19(30)16-12-33-29(13-6-5-9-26-10-13)18(16)20(31)22(23,24)25/h3-11,16,18H,12H2,1-2H3. The van der Waals surface area contributed by atoms with E-state index in [1.165, 1.54) is 38.4 Å². The van der Waals surface area contributed by atoms with Crippen LogP contribution in [0.4, 0.5) is 23.7 Å². The van der Waals surface area contributed by atoms with Crippen LogP contribution < -0.4 is 4.31 Å². The lowest BCUT2D eigenvalue weighted by Gasteiger charge is -2.27. The van der Waals surface area contributed by atoms with Gasteiger partial charge in [0.15, 0.2) is 5.78 Å².